The van der Waals surface area contributed by atoms with Gasteiger partial charge < -0.3 is 19.6 Å². The molecule has 0 spiro atoms. The summed E-state index contributed by atoms with van der Waals surface area (Å²) in [6.07, 6.45) is 0. The van der Waals surface area contributed by atoms with E-state index in [0.717, 1.165) is 48.5 Å². The largest absolute Gasteiger partial charge is 4.00 e. The molecule has 0 amide bonds. The van der Waals surface area contributed by atoms with Crippen molar-refractivity contribution >= 4 is 73.5 Å². The SMILES string of the molecule is O=[P+]([O-])Oc1ccccc1S(=O)(=O)O.O=[P+]([O-])Oc1ccccc1S(=O)(=O)O.O=[P+]([O-])Oc1ccccc1S(=O)(=O)O.O=[P+]([O-])Oc1ccccc1S(=O)(=O)O.[Zr+4]. The monoisotopic (exact) mass is 1030 g/mol. The van der Waals surface area contributed by atoms with E-state index in [1.165, 1.54) is 48.5 Å². The normalized spacial score (nSPS) is 12.1. The van der Waals surface area contributed by atoms with Gasteiger partial charge in [0.25, 0.3) is 40.5 Å². The van der Waals surface area contributed by atoms with Crippen LogP contribution in [0, 0.1) is 0 Å². The Morgan fingerprint density at radius 1 is 0.351 bits per heavy atom. The van der Waals surface area contributed by atoms with E-state index in [1.54, 1.807) is 0 Å². The first-order chi connectivity index (χ1) is 25.6. The Bertz CT molecular complexity index is 2170. The standard InChI is InChI=1S/4C6H5O6PS.Zr/c4*7-13(8)12-5-3-1-2-4-6(5)14(9,10)11;/h4*1-4H,(H,9,10,11);/q;;;;+4. The molecule has 0 radical (unpaired) electrons. The summed E-state index contributed by atoms with van der Waals surface area (Å²) in [5.74, 6) is -1.70. The third-order valence-corrected chi connectivity index (χ3v) is 10.2. The Morgan fingerprint density at radius 2 is 0.491 bits per heavy atom. The molecule has 4 rings (SSSR count). The first-order valence-corrected chi connectivity index (χ1v) is 23.3. The molecule has 4 N–H and O–H groups in total. The molecule has 304 valence electrons. The van der Waals surface area contributed by atoms with Crippen LogP contribution in [0.15, 0.2) is 117 Å². The first kappa shape index (κ1) is 53.8. The number of rotatable bonds is 12. The van der Waals surface area contributed by atoms with Crippen molar-refractivity contribution in [1.82, 2.24) is 0 Å². The van der Waals surface area contributed by atoms with Gasteiger partial charge in [0, 0.05) is 0 Å². The minimum atomic E-state index is -4.47. The second kappa shape index (κ2) is 24.1. The van der Waals surface area contributed by atoms with Crippen LogP contribution in [0.25, 0.3) is 0 Å². The van der Waals surface area contributed by atoms with Crippen LogP contribution in [0.2, 0.25) is 0 Å². The zero-order chi connectivity index (χ0) is 43.1. The third-order valence-electron chi connectivity index (χ3n) is 5.20. The summed E-state index contributed by atoms with van der Waals surface area (Å²) >= 11 is 0. The van der Waals surface area contributed by atoms with Gasteiger partial charge in [0.1, 0.15) is 19.6 Å². The fourth-order valence-corrected chi connectivity index (χ4v) is 7.26. The van der Waals surface area contributed by atoms with Gasteiger partial charge >= 0.3 is 59.2 Å². The van der Waals surface area contributed by atoms with Gasteiger partial charge in [-0.2, -0.15) is 33.7 Å². The molecule has 4 atom stereocenters. The van der Waals surface area contributed by atoms with Crippen molar-refractivity contribution in [2.24, 2.45) is 0 Å². The maximum absolute atomic E-state index is 10.7. The number of benzene rings is 4. The predicted molar refractivity (Wildman–Crippen MR) is 178 cm³/mol. The summed E-state index contributed by atoms with van der Waals surface area (Å²) in [5, 5.41) is 0. The smallest absolute Gasteiger partial charge is 0.558 e. The van der Waals surface area contributed by atoms with E-state index in [4.69, 9.17) is 18.2 Å². The van der Waals surface area contributed by atoms with Crippen LogP contribution < -0.4 is 37.7 Å². The van der Waals surface area contributed by atoms with Crippen LogP contribution in [0.3, 0.4) is 0 Å². The maximum Gasteiger partial charge on any atom is 4.00 e. The zero-order valence-electron chi connectivity index (χ0n) is 27.1. The molecule has 4 aromatic rings. The molecular weight excluding hydrogens is 1020 g/mol. The third kappa shape index (κ3) is 20.9. The summed E-state index contributed by atoms with van der Waals surface area (Å²) < 4.78 is 178. The van der Waals surface area contributed by atoms with E-state index < -0.39 is 116 Å². The summed E-state index contributed by atoms with van der Waals surface area (Å²) in [7, 11) is -30.7. The van der Waals surface area contributed by atoms with E-state index in [1.807, 2.05) is 0 Å². The fourth-order valence-electron chi connectivity index (χ4n) is 3.28. The van der Waals surface area contributed by atoms with E-state index in [0.29, 0.717) is 0 Å². The fraction of sp³-hybridized carbons (Fsp3) is 0. The number of hydrogen-bond acceptors (Lipinski definition) is 20. The predicted octanol–water partition coefficient (Wildman–Crippen LogP) is 1.32. The van der Waals surface area contributed by atoms with E-state index in [-0.39, 0.29) is 26.2 Å². The molecule has 0 aliphatic heterocycles. The van der Waals surface area contributed by atoms with Crippen LogP contribution in [-0.4, -0.2) is 51.9 Å². The number of para-hydroxylation sites is 4. The Kier molecular flexibility index (Phi) is 22.7. The molecule has 0 saturated heterocycles. The van der Waals surface area contributed by atoms with Gasteiger partial charge in [-0.05, 0) is 66.8 Å². The van der Waals surface area contributed by atoms with Crippen LogP contribution in [-0.2, 0) is 84.9 Å². The van der Waals surface area contributed by atoms with Crippen molar-refractivity contribution in [3.8, 4) is 23.0 Å². The van der Waals surface area contributed by atoms with E-state index in [9.17, 15) is 71.5 Å². The molecule has 4 aromatic carbocycles. The molecule has 4 unspecified atom stereocenters. The van der Waals surface area contributed by atoms with Crippen molar-refractivity contribution in [1.29, 1.82) is 0 Å². The Morgan fingerprint density at radius 3 is 0.614 bits per heavy atom. The number of hydrogen-bond donors (Lipinski definition) is 4. The van der Waals surface area contributed by atoms with Crippen molar-refractivity contribution in [2.75, 3.05) is 0 Å². The molecule has 0 aliphatic carbocycles. The van der Waals surface area contributed by atoms with Crippen LogP contribution >= 0.6 is 33.0 Å². The molecule has 0 fully saturated rings. The molecule has 24 nitrogen and oxygen atoms in total. The topological polar surface area (TPSA) is 415 Å². The molecule has 0 heterocycles. The van der Waals surface area contributed by atoms with Gasteiger partial charge in [0.15, 0.2) is 0 Å². The van der Waals surface area contributed by atoms with Gasteiger partial charge in [-0.15, -0.1) is 0 Å². The van der Waals surface area contributed by atoms with Gasteiger partial charge in [0.2, 0.25) is 23.0 Å². The molecular formula is C24H20O24P4S4Zr+4. The Balaban J connectivity index is 0.000000729. The van der Waals surface area contributed by atoms with Gasteiger partial charge in [0.05, 0.1) is 0 Å². The molecule has 0 aliphatic rings. The van der Waals surface area contributed by atoms with Crippen molar-refractivity contribution < 1.29 is 134 Å². The summed E-state index contributed by atoms with van der Waals surface area (Å²) in [5.41, 5.74) is 0. The van der Waals surface area contributed by atoms with Gasteiger partial charge in [-0.1, -0.05) is 48.5 Å². The second-order valence-electron chi connectivity index (χ2n) is 8.95. The van der Waals surface area contributed by atoms with Crippen LogP contribution in [0.4, 0.5) is 0 Å². The van der Waals surface area contributed by atoms with Gasteiger partial charge in [-0.3, -0.25) is 36.3 Å². The minimum Gasteiger partial charge on any atom is -0.558 e. The molecule has 0 saturated carbocycles. The van der Waals surface area contributed by atoms with Crippen molar-refractivity contribution in [3.63, 3.8) is 0 Å². The Labute approximate surface area is 345 Å². The minimum absolute atomic E-state index is 0. The van der Waals surface area contributed by atoms with Crippen LogP contribution in [0.1, 0.15) is 0 Å². The average Bonchev–Trinajstić information content (AvgIpc) is 3.04. The van der Waals surface area contributed by atoms with Gasteiger partial charge in [-0.25, -0.2) is 0 Å². The summed E-state index contributed by atoms with van der Waals surface area (Å²) in [6.45, 7) is 0. The van der Waals surface area contributed by atoms with Crippen LogP contribution in [0.5, 0.6) is 23.0 Å². The quantitative estimate of drug-likeness (QED) is 0.115. The zero-order valence-corrected chi connectivity index (χ0v) is 36.4. The molecule has 57 heavy (non-hydrogen) atoms. The molecule has 0 bridgehead atoms. The molecule has 33 heteroatoms. The second-order valence-corrected chi connectivity index (χ2v) is 17.0. The summed E-state index contributed by atoms with van der Waals surface area (Å²) in [6, 6.07) is 19.4. The first-order valence-electron chi connectivity index (χ1n) is 13.2. The van der Waals surface area contributed by atoms with E-state index >= 15 is 0 Å². The Hall–Kier alpha value is -3.16. The summed E-state index contributed by atoms with van der Waals surface area (Å²) in [4.78, 5) is 38.4. The van der Waals surface area contributed by atoms with E-state index in [2.05, 4.69) is 18.1 Å². The average molecular weight is 1040 g/mol. The molecule has 0 aromatic heterocycles. The maximum atomic E-state index is 10.7. The van der Waals surface area contributed by atoms with Crippen molar-refractivity contribution in [2.45, 2.75) is 19.6 Å². The van der Waals surface area contributed by atoms with Crippen molar-refractivity contribution in [3.05, 3.63) is 97.1 Å².